The van der Waals surface area contributed by atoms with Crippen LogP contribution in [0.2, 0.25) is 0 Å². The molecule has 0 aliphatic rings. The number of nitrogens with two attached hydrogens (primary N) is 1. The van der Waals surface area contributed by atoms with Gasteiger partial charge in [-0.3, -0.25) is 4.98 Å². The number of unbranched alkanes of at least 4 members (excludes halogenated alkanes) is 3. The minimum Gasteiger partial charge on any atom is -0.357 e. The SMILES string of the molecule is C=C(CCCCCCN)Nc1ccc(C(=C)\C=N/C(C)=N/C=C(\C)Cc2ccc3ncccc3c2)cc1F. The van der Waals surface area contributed by atoms with Crippen LogP contribution in [0.4, 0.5) is 10.1 Å². The first-order valence-electron chi connectivity index (χ1n) is 13.1. The largest absolute Gasteiger partial charge is 0.357 e. The van der Waals surface area contributed by atoms with E-state index in [4.69, 9.17) is 5.73 Å². The molecule has 198 valence electrons. The van der Waals surface area contributed by atoms with Crippen molar-refractivity contribution in [3.63, 3.8) is 0 Å². The Bertz CT molecular complexity index is 1350. The van der Waals surface area contributed by atoms with Gasteiger partial charge < -0.3 is 11.1 Å². The van der Waals surface area contributed by atoms with E-state index in [1.165, 1.54) is 11.6 Å². The number of benzene rings is 2. The lowest BCUT2D eigenvalue weighted by molar-refractivity contribution is 0.628. The molecule has 3 N–H and O–H groups in total. The monoisotopic (exact) mass is 511 g/mol. The van der Waals surface area contributed by atoms with Gasteiger partial charge in [-0.2, -0.15) is 0 Å². The van der Waals surface area contributed by atoms with Gasteiger partial charge in [0.15, 0.2) is 0 Å². The molecule has 0 unspecified atom stereocenters. The average molecular weight is 512 g/mol. The van der Waals surface area contributed by atoms with Gasteiger partial charge in [0.25, 0.3) is 0 Å². The van der Waals surface area contributed by atoms with Crippen LogP contribution in [0.3, 0.4) is 0 Å². The smallest absolute Gasteiger partial charge is 0.147 e. The molecule has 6 heteroatoms. The minimum atomic E-state index is -0.352. The average Bonchev–Trinajstić information content (AvgIpc) is 2.91. The number of hydrogen-bond donors (Lipinski definition) is 2. The summed E-state index contributed by atoms with van der Waals surface area (Å²) in [7, 11) is 0. The number of rotatable bonds is 13. The number of aliphatic imine (C=N–C) groups is 2. The first-order chi connectivity index (χ1) is 18.4. The van der Waals surface area contributed by atoms with Gasteiger partial charge in [0, 0.05) is 29.7 Å². The van der Waals surface area contributed by atoms with Crippen molar-refractivity contribution < 1.29 is 4.39 Å². The molecule has 0 saturated carbocycles. The third-order valence-electron chi connectivity index (χ3n) is 6.11. The van der Waals surface area contributed by atoms with Crippen LogP contribution in [-0.2, 0) is 6.42 Å². The van der Waals surface area contributed by atoms with Gasteiger partial charge >= 0.3 is 0 Å². The summed E-state index contributed by atoms with van der Waals surface area (Å²) in [5.41, 5.74) is 11.3. The minimum absolute atomic E-state index is 0.352. The Kier molecular flexibility index (Phi) is 11.1. The Hall–Kier alpha value is -3.90. The maximum Gasteiger partial charge on any atom is 0.147 e. The lowest BCUT2D eigenvalue weighted by Crippen LogP contribution is -2.02. The lowest BCUT2D eigenvalue weighted by Gasteiger charge is -2.11. The van der Waals surface area contributed by atoms with E-state index in [9.17, 15) is 4.39 Å². The third kappa shape index (κ3) is 9.20. The molecule has 3 rings (SSSR count). The zero-order valence-electron chi connectivity index (χ0n) is 22.5. The number of fused-ring (bicyclic) bond motifs is 1. The summed E-state index contributed by atoms with van der Waals surface area (Å²) >= 11 is 0. The van der Waals surface area contributed by atoms with Gasteiger partial charge in [-0.25, -0.2) is 14.4 Å². The van der Waals surface area contributed by atoms with Crippen LogP contribution < -0.4 is 11.1 Å². The van der Waals surface area contributed by atoms with Crippen LogP contribution in [0, 0.1) is 5.82 Å². The topological polar surface area (TPSA) is 75.7 Å². The van der Waals surface area contributed by atoms with Crippen LogP contribution in [0.15, 0.2) is 95.3 Å². The van der Waals surface area contributed by atoms with E-state index in [1.54, 1.807) is 18.5 Å². The molecule has 2 aromatic carbocycles. The molecule has 0 atom stereocenters. The summed E-state index contributed by atoms with van der Waals surface area (Å²) in [6.07, 6.45) is 11.1. The fourth-order valence-electron chi connectivity index (χ4n) is 3.99. The standard InChI is InChI=1S/C32H38FN5/c1-23(18-27-12-14-31-29(19-27)11-9-17-35-31)21-36-26(4)37-22-24(2)28-13-15-32(30(33)20-28)38-25(3)10-7-5-6-8-16-34/h9,11-15,17,19-22,38H,2-3,5-8,10,16,18,34H2,1,4H3/b23-21+,36-26+,37-22-. The molecule has 0 aliphatic carbocycles. The van der Waals surface area contributed by atoms with Gasteiger partial charge in [0.2, 0.25) is 0 Å². The number of pyridine rings is 1. The van der Waals surface area contributed by atoms with Crippen molar-refractivity contribution in [2.24, 2.45) is 15.7 Å². The zero-order chi connectivity index (χ0) is 27.3. The molecule has 0 saturated heterocycles. The maximum atomic E-state index is 14.7. The molecule has 0 spiro atoms. The molecule has 1 heterocycles. The van der Waals surface area contributed by atoms with Crippen molar-refractivity contribution >= 4 is 34.2 Å². The molecule has 0 bridgehead atoms. The molecule has 1 aromatic heterocycles. The summed E-state index contributed by atoms with van der Waals surface area (Å²) in [6, 6.07) is 15.3. The van der Waals surface area contributed by atoms with Crippen molar-refractivity contribution in [2.75, 3.05) is 11.9 Å². The van der Waals surface area contributed by atoms with E-state index in [0.717, 1.165) is 67.2 Å². The summed E-state index contributed by atoms with van der Waals surface area (Å²) in [6.45, 7) is 12.6. The predicted octanol–water partition coefficient (Wildman–Crippen LogP) is 7.86. The number of anilines is 1. The van der Waals surface area contributed by atoms with Gasteiger partial charge in [0.05, 0.1) is 11.2 Å². The summed E-state index contributed by atoms with van der Waals surface area (Å²) in [5.74, 6) is 0.240. The van der Waals surface area contributed by atoms with E-state index in [2.05, 4.69) is 51.6 Å². The second kappa shape index (κ2) is 14.7. The van der Waals surface area contributed by atoms with E-state index < -0.39 is 0 Å². The highest BCUT2D eigenvalue weighted by atomic mass is 19.1. The van der Waals surface area contributed by atoms with Crippen LogP contribution in [0.1, 0.15) is 57.1 Å². The number of nitrogens with zero attached hydrogens (tertiary/aromatic N) is 3. The summed E-state index contributed by atoms with van der Waals surface area (Å²) in [5, 5.41) is 4.21. The molecule has 5 nitrogen and oxygen atoms in total. The zero-order valence-corrected chi connectivity index (χ0v) is 22.5. The Morgan fingerprint density at radius 2 is 1.87 bits per heavy atom. The first-order valence-corrected chi connectivity index (χ1v) is 13.1. The van der Waals surface area contributed by atoms with Crippen LogP contribution in [0.25, 0.3) is 16.5 Å². The Balaban J connectivity index is 1.53. The normalized spacial score (nSPS) is 12.3. The molecular formula is C32H38FN5. The number of allylic oxidation sites excluding steroid dienone is 3. The van der Waals surface area contributed by atoms with Gasteiger partial charge in [-0.15, -0.1) is 0 Å². The van der Waals surface area contributed by atoms with Crippen LogP contribution in [-0.4, -0.2) is 23.6 Å². The molecule has 38 heavy (non-hydrogen) atoms. The van der Waals surface area contributed by atoms with E-state index >= 15 is 0 Å². The second-order valence-corrected chi connectivity index (χ2v) is 9.52. The van der Waals surface area contributed by atoms with Crippen molar-refractivity contribution in [1.82, 2.24) is 4.98 Å². The fourth-order valence-corrected chi connectivity index (χ4v) is 3.99. The molecule has 0 aliphatic heterocycles. The number of hydrogen-bond acceptors (Lipinski definition) is 4. The van der Waals surface area contributed by atoms with Gasteiger partial charge in [0.1, 0.15) is 11.7 Å². The molecule has 0 amide bonds. The highest BCUT2D eigenvalue weighted by molar-refractivity contribution is 6.12. The Morgan fingerprint density at radius 1 is 1.05 bits per heavy atom. The lowest BCUT2D eigenvalue weighted by atomic mass is 10.0. The molecular weight excluding hydrogens is 473 g/mol. The van der Waals surface area contributed by atoms with Gasteiger partial charge in [-0.05, 0) is 93.1 Å². The molecule has 3 aromatic rings. The summed E-state index contributed by atoms with van der Waals surface area (Å²) < 4.78 is 14.7. The fraction of sp³-hybridized carbons (Fsp3) is 0.281. The first kappa shape index (κ1) is 28.7. The van der Waals surface area contributed by atoms with Crippen molar-refractivity contribution in [1.29, 1.82) is 0 Å². The van der Waals surface area contributed by atoms with Crippen molar-refractivity contribution in [3.8, 4) is 0 Å². The second-order valence-electron chi connectivity index (χ2n) is 9.52. The number of halogens is 1. The Labute approximate surface area is 225 Å². The highest BCUT2D eigenvalue weighted by Crippen LogP contribution is 2.22. The number of aromatic nitrogens is 1. The van der Waals surface area contributed by atoms with E-state index in [0.29, 0.717) is 22.7 Å². The van der Waals surface area contributed by atoms with Crippen molar-refractivity contribution in [3.05, 3.63) is 102 Å². The highest BCUT2D eigenvalue weighted by Gasteiger charge is 2.06. The maximum absolute atomic E-state index is 14.7. The molecule has 0 fully saturated rings. The van der Waals surface area contributed by atoms with Gasteiger partial charge in [-0.1, -0.05) is 49.8 Å². The van der Waals surface area contributed by atoms with E-state index in [1.807, 2.05) is 38.2 Å². The number of nitrogens with one attached hydrogen (secondary N) is 1. The number of amidine groups is 1. The Morgan fingerprint density at radius 3 is 2.66 bits per heavy atom. The van der Waals surface area contributed by atoms with E-state index in [-0.39, 0.29) is 5.82 Å². The quantitative estimate of drug-likeness (QED) is 0.139. The third-order valence-corrected chi connectivity index (χ3v) is 6.11. The van der Waals surface area contributed by atoms with Crippen LogP contribution >= 0.6 is 0 Å². The predicted molar refractivity (Wildman–Crippen MR) is 161 cm³/mol. The van der Waals surface area contributed by atoms with Crippen LogP contribution in [0.5, 0.6) is 0 Å². The molecule has 0 radical (unpaired) electrons. The summed E-state index contributed by atoms with van der Waals surface area (Å²) in [4.78, 5) is 13.2. The van der Waals surface area contributed by atoms with Crippen molar-refractivity contribution in [2.45, 2.75) is 52.4 Å².